The maximum absolute atomic E-state index is 12.8. The molecule has 1 aromatic heterocycles. The molecule has 0 aliphatic carbocycles. The molecule has 6 heteroatoms. The fourth-order valence-electron chi connectivity index (χ4n) is 3.82. The van der Waals surface area contributed by atoms with Crippen LogP contribution in [0.4, 0.5) is 0 Å². The smallest absolute Gasteiger partial charge is 0.267 e. The first kappa shape index (κ1) is 17.4. The number of nitrogens with one attached hydrogen (secondary N) is 1. The van der Waals surface area contributed by atoms with Crippen molar-refractivity contribution in [3.63, 3.8) is 0 Å². The third-order valence-electron chi connectivity index (χ3n) is 5.29. The van der Waals surface area contributed by atoms with Crippen LogP contribution in [-0.4, -0.2) is 60.9 Å². The van der Waals surface area contributed by atoms with E-state index in [0.29, 0.717) is 6.54 Å². The van der Waals surface area contributed by atoms with Crippen LogP contribution in [0.3, 0.4) is 0 Å². The van der Waals surface area contributed by atoms with E-state index in [1.807, 2.05) is 24.3 Å². The molecule has 2 aliphatic heterocycles. The van der Waals surface area contributed by atoms with E-state index >= 15 is 0 Å². The van der Waals surface area contributed by atoms with Crippen molar-refractivity contribution in [1.29, 1.82) is 0 Å². The van der Waals surface area contributed by atoms with Crippen molar-refractivity contribution in [2.75, 3.05) is 39.4 Å². The van der Waals surface area contributed by atoms with Crippen molar-refractivity contribution in [2.24, 2.45) is 0 Å². The first-order valence-electron chi connectivity index (χ1n) is 9.63. The lowest BCUT2D eigenvalue weighted by Gasteiger charge is -2.27. The van der Waals surface area contributed by atoms with Gasteiger partial charge in [0.15, 0.2) is 0 Å². The van der Waals surface area contributed by atoms with E-state index in [1.54, 1.807) is 0 Å². The average Bonchev–Trinajstić information content (AvgIpc) is 3.06. The van der Waals surface area contributed by atoms with Crippen molar-refractivity contribution in [2.45, 2.75) is 32.4 Å². The van der Waals surface area contributed by atoms with Crippen LogP contribution in [0.5, 0.6) is 5.75 Å². The zero-order valence-corrected chi connectivity index (χ0v) is 15.4. The minimum atomic E-state index is 0.00544. The average molecular weight is 357 g/mol. The number of hydrogen-bond acceptors (Lipinski definition) is 4. The summed E-state index contributed by atoms with van der Waals surface area (Å²) in [5.74, 6) is 0.887. The second-order valence-electron chi connectivity index (χ2n) is 7.05. The fraction of sp³-hybridized carbons (Fsp3) is 0.550. The molecule has 1 saturated heterocycles. The predicted octanol–water partition coefficient (Wildman–Crippen LogP) is 2.26. The van der Waals surface area contributed by atoms with Gasteiger partial charge in [-0.1, -0.05) is 19.1 Å². The summed E-state index contributed by atoms with van der Waals surface area (Å²) >= 11 is 0. The van der Waals surface area contributed by atoms with Crippen molar-refractivity contribution in [3.8, 4) is 5.75 Å². The fourth-order valence-corrected chi connectivity index (χ4v) is 3.82. The zero-order valence-electron chi connectivity index (χ0n) is 15.4. The molecular weight excluding hydrogens is 330 g/mol. The van der Waals surface area contributed by atoms with Gasteiger partial charge in [-0.25, -0.2) is 0 Å². The third kappa shape index (κ3) is 3.44. The van der Waals surface area contributed by atoms with Crippen LogP contribution in [0.25, 0.3) is 10.9 Å². The third-order valence-corrected chi connectivity index (χ3v) is 5.29. The van der Waals surface area contributed by atoms with Gasteiger partial charge in [-0.2, -0.15) is 0 Å². The number of carbonyl (C=O) groups excluding carboxylic acids is 1. The molecule has 1 fully saturated rings. The van der Waals surface area contributed by atoms with E-state index < -0.39 is 0 Å². The van der Waals surface area contributed by atoms with E-state index in [9.17, 15) is 4.79 Å². The molecule has 0 saturated carbocycles. The maximum atomic E-state index is 12.8. The Balaban J connectivity index is 1.42. The molecule has 1 aromatic carbocycles. The molecule has 1 amide bonds. The molecule has 1 atom stereocenters. The number of nitrogens with zero attached hydrogens (tertiary/aromatic N) is 2. The van der Waals surface area contributed by atoms with Gasteiger partial charge < -0.3 is 19.4 Å². The van der Waals surface area contributed by atoms with E-state index in [2.05, 4.69) is 21.7 Å². The second kappa shape index (κ2) is 7.68. The monoisotopic (exact) mass is 357 g/mol. The molecule has 0 bridgehead atoms. The normalized spacial score (nSPS) is 20.1. The van der Waals surface area contributed by atoms with Crippen LogP contribution in [0.15, 0.2) is 24.3 Å². The van der Waals surface area contributed by atoms with Crippen LogP contribution in [0, 0.1) is 0 Å². The van der Waals surface area contributed by atoms with E-state index in [0.717, 1.165) is 74.6 Å². The Morgan fingerprint density at radius 1 is 1.31 bits per heavy atom. The van der Waals surface area contributed by atoms with Crippen LogP contribution < -0.4 is 10.1 Å². The highest BCUT2D eigenvalue weighted by molar-refractivity contribution is 6.00. The van der Waals surface area contributed by atoms with Gasteiger partial charge in [0.1, 0.15) is 17.5 Å². The quantitative estimate of drug-likeness (QED) is 0.806. The summed E-state index contributed by atoms with van der Waals surface area (Å²) in [6, 6.07) is 8.01. The molecule has 6 nitrogen and oxygen atoms in total. The van der Waals surface area contributed by atoms with Gasteiger partial charge in [0.05, 0.1) is 25.3 Å². The van der Waals surface area contributed by atoms with Gasteiger partial charge in [-0.15, -0.1) is 0 Å². The summed E-state index contributed by atoms with van der Waals surface area (Å²) in [4.78, 5) is 15.2. The molecule has 2 aromatic rings. The lowest BCUT2D eigenvalue weighted by molar-refractivity contribution is 0.0374. The number of carbonyl (C=O) groups is 1. The zero-order chi connectivity index (χ0) is 17.9. The topological polar surface area (TPSA) is 55.7 Å². The summed E-state index contributed by atoms with van der Waals surface area (Å²) in [6.45, 7) is 8.15. The van der Waals surface area contributed by atoms with Gasteiger partial charge >= 0.3 is 0 Å². The summed E-state index contributed by atoms with van der Waals surface area (Å²) in [5.41, 5.74) is 1.77. The number of para-hydroxylation sites is 1. The van der Waals surface area contributed by atoms with Crippen LogP contribution in [-0.2, 0) is 11.3 Å². The van der Waals surface area contributed by atoms with Gasteiger partial charge in [0.2, 0.25) is 0 Å². The number of amides is 1. The highest BCUT2D eigenvalue weighted by atomic mass is 16.5. The molecule has 3 heterocycles. The number of aromatic nitrogens is 1. The Morgan fingerprint density at radius 2 is 2.15 bits per heavy atom. The highest BCUT2D eigenvalue weighted by Crippen LogP contribution is 2.34. The largest absolute Gasteiger partial charge is 0.486 e. The Labute approximate surface area is 154 Å². The maximum Gasteiger partial charge on any atom is 0.267 e. The van der Waals surface area contributed by atoms with Gasteiger partial charge in [-0.3, -0.25) is 9.69 Å². The molecule has 1 N–H and O–H groups in total. The van der Waals surface area contributed by atoms with Crippen LogP contribution in [0.1, 0.15) is 30.3 Å². The van der Waals surface area contributed by atoms with Gasteiger partial charge in [-0.05, 0) is 31.5 Å². The first-order chi connectivity index (χ1) is 12.8. The molecule has 0 unspecified atom stereocenters. The van der Waals surface area contributed by atoms with E-state index in [-0.39, 0.29) is 12.0 Å². The Hall–Kier alpha value is -2.05. The van der Waals surface area contributed by atoms with Crippen LogP contribution >= 0.6 is 0 Å². The van der Waals surface area contributed by atoms with Gasteiger partial charge in [0.25, 0.3) is 5.91 Å². The molecule has 0 radical (unpaired) electrons. The first-order valence-corrected chi connectivity index (χ1v) is 9.63. The molecule has 0 spiro atoms. The van der Waals surface area contributed by atoms with E-state index in [4.69, 9.17) is 9.47 Å². The molecule has 26 heavy (non-hydrogen) atoms. The number of morpholine rings is 1. The Morgan fingerprint density at radius 3 is 2.96 bits per heavy atom. The highest BCUT2D eigenvalue weighted by Gasteiger charge is 2.25. The predicted molar refractivity (Wildman–Crippen MR) is 101 cm³/mol. The van der Waals surface area contributed by atoms with Crippen LogP contribution in [0.2, 0.25) is 0 Å². The molecule has 4 rings (SSSR count). The van der Waals surface area contributed by atoms with Crippen molar-refractivity contribution in [1.82, 2.24) is 14.8 Å². The Kier molecular flexibility index (Phi) is 5.13. The number of rotatable bonds is 6. The number of ether oxygens (including phenoxy) is 2. The minimum Gasteiger partial charge on any atom is -0.486 e. The summed E-state index contributed by atoms with van der Waals surface area (Å²) < 4.78 is 13.5. The number of benzene rings is 1. The lowest BCUT2D eigenvalue weighted by atomic mass is 10.2. The molecular formula is C20H27N3O3. The standard InChI is InChI=1S/C20H27N3O3/c1-2-16-14-23-17(13-15-5-3-6-18(26-16)19(15)23)20(24)21-7-4-8-22-9-11-25-12-10-22/h3,5-6,13,16H,2,4,7-12,14H2,1H3,(H,21,24)/t16-/m1/s1. The van der Waals surface area contributed by atoms with Crippen molar-refractivity contribution < 1.29 is 14.3 Å². The molecule has 2 aliphatic rings. The second-order valence-corrected chi connectivity index (χ2v) is 7.05. The van der Waals surface area contributed by atoms with E-state index in [1.165, 1.54) is 0 Å². The minimum absolute atomic E-state index is 0.00544. The summed E-state index contributed by atoms with van der Waals surface area (Å²) in [5, 5.41) is 4.16. The SMILES string of the molecule is CC[C@@H]1Cn2c(C(=O)NCCCN3CCOCC3)cc3cccc(c32)O1. The number of hydrogen-bond donors (Lipinski definition) is 1. The van der Waals surface area contributed by atoms with Crippen molar-refractivity contribution >= 4 is 16.8 Å². The molecule has 140 valence electrons. The van der Waals surface area contributed by atoms with Gasteiger partial charge in [0, 0.05) is 25.0 Å². The summed E-state index contributed by atoms with van der Waals surface area (Å²) in [7, 11) is 0. The Bertz CT molecular complexity index is 780. The lowest BCUT2D eigenvalue weighted by Crippen LogP contribution is -2.38. The summed E-state index contributed by atoms with van der Waals surface area (Å²) in [6.07, 6.45) is 2.00. The van der Waals surface area contributed by atoms with Crippen molar-refractivity contribution in [3.05, 3.63) is 30.0 Å².